The zero-order chi connectivity index (χ0) is 18.2. The van der Waals surface area contributed by atoms with E-state index in [0.29, 0.717) is 6.54 Å². The zero-order valence-electron chi connectivity index (χ0n) is 14.1. The first-order chi connectivity index (χ1) is 11.2. The predicted molar refractivity (Wildman–Crippen MR) is 89.9 cm³/mol. The molecule has 1 amide bonds. The van der Waals surface area contributed by atoms with Crippen LogP contribution in [0.4, 0.5) is 0 Å². The monoisotopic (exact) mass is 362 g/mol. The zero-order valence-corrected chi connectivity index (χ0v) is 14.9. The number of piperazine rings is 1. The fourth-order valence-electron chi connectivity index (χ4n) is 2.32. The maximum Gasteiger partial charge on any atom is 0.325 e. The second-order valence-electron chi connectivity index (χ2n) is 5.72. The second-order valence-corrected chi connectivity index (χ2v) is 7.50. The molecule has 0 bridgehead atoms. The number of hydrogen-bond donors (Lipinski definition) is 3. The summed E-state index contributed by atoms with van der Waals surface area (Å²) in [4.78, 5) is 25.7. The van der Waals surface area contributed by atoms with Crippen molar-refractivity contribution >= 4 is 21.9 Å². The molecule has 10 heteroatoms. The largest absolute Gasteiger partial charge is 0.468 e. The van der Waals surface area contributed by atoms with Crippen molar-refractivity contribution in [2.24, 2.45) is 0 Å². The molecular formula is C14H26N4O5S. The van der Waals surface area contributed by atoms with Crippen LogP contribution in [0.2, 0.25) is 0 Å². The van der Waals surface area contributed by atoms with Gasteiger partial charge in [-0.25, -0.2) is 8.42 Å². The molecule has 1 saturated heterocycles. The first-order valence-electron chi connectivity index (χ1n) is 7.63. The lowest BCUT2D eigenvalue weighted by atomic mass is 10.1. The van der Waals surface area contributed by atoms with Crippen LogP contribution in [0.15, 0.2) is 12.2 Å². The molecule has 1 unspecified atom stereocenters. The van der Waals surface area contributed by atoms with Crippen LogP contribution >= 0.6 is 0 Å². The number of nitrogens with zero attached hydrogens (tertiary/aromatic N) is 1. The normalized spacial score (nSPS) is 17.1. The Labute approximate surface area is 142 Å². The number of nitrogens with one attached hydrogen (secondary N) is 3. The highest BCUT2D eigenvalue weighted by Gasteiger charge is 2.23. The molecule has 1 rings (SSSR count). The first-order valence-corrected chi connectivity index (χ1v) is 9.52. The Kier molecular flexibility index (Phi) is 8.32. The van der Waals surface area contributed by atoms with Gasteiger partial charge in [0.2, 0.25) is 15.9 Å². The van der Waals surface area contributed by atoms with Gasteiger partial charge in [0.25, 0.3) is 0 Å². The summed E-state index contributed by atoms with van der Waals surface area (Å²) in [6.07, 6.45) is 1.05. The maximum atomic E-state index is 11.9. The summed E-state index contributed by atoms with van der Waals surface area (Å²) in [5, 5.41) is 5.78. The van der Waals surface area contributed by atoms with Crippen molar-refractivity contribution in [3.05, 3.63) is 12.2 Å². The molecule has 0 radical (unpaired) electrons. The fraction of sp³-hybridized carbons (Fsp3) is 0.714. The minimum absolute atomic E-state index is 0.122. The summed E-state index contributed by atoms with van der Waals surface area (Å²) < 4.78 is 29.2. The Balaban J connectivity index is 2.41. The van der Waals surface area contributed by atoms with Crippen molar-refractivity contribution in [3.63, 3.8) is 0 Å². The minimum Gasteiger partial charge on any atom is -0.468 e. The van der Waals surface area contributed by atoms with Crippen LogP contribution in [0.25, 0.3) is 0 Å². The Morgan fingerprint density at radius 1 is 1.33 bits per heavy atom. The maximum absolute atomic E-state index is 11.9. The lowest BCUT2D eigenvalue weighted by molar-refractivity contribution is -0.142. The second kappa shape index (κ2) is 9.72. The summed E-state index contributed by atoms with van der Waals surface area (Å²) in [6, 6.07) is -1.16. The third-order valence-electron chi connectivity index (χ3n) is 3.41. The molecule has 0 aromatic rings. The van der Waals surface area contributed by atoms with E-state index in [2.05, 4.69) is 31.6 Å². The molecule has 1 aliphatic heterocycles. The van der Waals surface area contributed by atoms with Crippen LogP contribution in [-0.2, 0) is 24.3 Å². The lowest BCUT2D eigenvalue weighted by Gasteiger charge is -2.27. The summed E-state index contributed by atoms with van der Waals surface area (Å²) >= 11 is 0. The van der Waals surface area contributed by atoms with E-state index < -0.39 is 22.0 Å². The molecule has 0 aliphatic carbocycles. The summed E-state index contributed by atoms with van der Waals surface area (Å²) in [6.45, 7) is 8.00. The van der Waals surface area contributed by atoms with Crippen molar-refractivity contribution < 1.29 is 22.7 Å². The molecule has 1 aliphatic rings. The molecule has 0 aromatic heterocycles. The van der Waals surface area contributed by atoms with Gasteiger partial charge in [-0.05, 0) is 0 Å². The van der Waals surface area contributed by atoms with Gasteiger partial charge in [-0.15, -0.1) is 0 Å². The van der Waals surface area contributed by atoms with Gasteiger partial charge in [0, 0.05) is 45.7 Å². The quantitative estimate of drug-likeness (QED) is 0.322. The van der Waals surface area contributed by atoms with Gasteiger partial charge in [0.15, 0.2) is 0 Å². The number of sulfonamides is 1. The molecule has 3 N–H and O–H groups in total. The average Bonchev–Trinajstić information content (AvgIpc) is 2.50. The molecule has 9 nitrogen and oxygen atoms in total. The smallest absolute Gasteiger partial charge is 0.325 e. The Bertz CT molecular complexity index is 558. The number of esters is 1. The highest BCUT2D eigenvalue weighted by molar-refractivity contribution is 7.88. The Morgan fingerprint density at radius 2 is 1.96 bits per heavy atom. The number of amides is 1. The van der Waals surface area contributed by atoms with E-state index in [1.807, 2.05) is 0 Å². The van der Waals surface area contributed by atoms with E-state index in [4.69, 9.17) is 0 Å². The van der Waals surface area contributed by atoms with E-state index in [1.54, 1.807) is 0 Å². The third-order valence-corrected chi connectivity index (χ3v) is 4.13. The molecule has 1 atom stereocenters. The van der Waals surface area contributed by atoms with E-state index in [1.165, 1.54) is 0 Å². The standard InChI is InChI=1S/C14H26N4O5S/c1-11(10-18-6-4-15-5-7-18)8-13(19)16-9-12(14(20)23-2)17-24(3,21)22/h12,15,17H,1,4-10H2,2-3H3,(H,16,19). The number of carbonyl (C=O) groups is 2. The van der Waals surface area contributed by atoms with Crippen molar-refractivity contribution in [1.82, 2.24) is 20.3 Å². The van der Waals surface area contributed by atoms with E-state index in [9.17, 15) is 18.0 Å². The van der Waals surface area contributed by atoms with Crippen LogP contribution in [0, 0.1) is 0 Å². The molecule has 1 fully saturated rings. The van der Waals surface area contributed by atoms with Crippen molar-refractivity contribution in [3.8, 4) is 0 Å². The van der Waals surface area contributed by atoms with E-state index in [0.717, 1.165) is 45.1 Å². The molecule has 24 heavy (non-hydrogen) atoms. The number of carbonyl (C=O) groups excluding carboxylic acids is 2. The van der Waals surface area contributed by atoms with E-state index >= 15 is 0 Å². The van der Waals surface area contributed by atoms with Gasteiger partial charge in [-0.3, -0.25) is 14.5 Å². The lowest BCUT2D eigenvalue weighted by Crippen LogP contribution is -2.48. The highest BCUT2D eigenvalue weighted by atomic mass is 32.2. The first kappa shape index (κ1) is 20.6. The summed E-state index contributed by atoms with van der Waals surface area (Å²) in [5.41, 5.74) is 0.764. The topological polar surface area (TPSA) is 117 Å². The summed E-state index contributed by atoms with van der Waals surface area (Å²) in [5.74, 6) is -1.08. The van der Waals surface area contributed by atoms with Crippen LogP contribution < -0.4 is 15.4 Å². The van der Waals surface area contributed by atoms with Gasteiger partial charge < -0.3 is 15.4 Å². The minimum atomic E-state index is -3.60. The SMILES string of the molecule is C=C(CC(=O)NCC(NS(C)(=O)=O)C(=O)OC)CN1CCNCC1. The predicted octanol–water partition coefficient (Wildman–Crippen LogP) is -1.96. The number of methoxy groups -OCH3 is 1. The van der Waals surface area contributed by atoms with Crippen LogP contribution in [0.5, 0.6) is 0 Å². The van der Waals surface area contributed by atoms with Gasteiger partial charge in [-0.2, -0.15) is 4.72 Å². The molecule has 0 saturated carbocycles. The van der Waals surface area contributed by atoms with Crippen molar-refractivity contribution in [2.75, 3.05) is 52.6 Å². The third kappa shape index (κ3) is 8.39. The molecule has 0 spiro atoms. The van der Waals surface area contributed by atoms with E-state index in [-0.39, 0.29) is 18.9 Å². The molecule has 138 valence electrons. The number of ether oxygens (including phenoxy) is 1. The van der Waals surface area contributed by atoms with Gasteiger partial charge in [-0.1, -0.05) is 12.2 Å². The number of hydrogen-bond acceptors (Lipinski definition) is 7. The molecule has 0 aromatic carbocycles. The van der Waals surface area contributed by atoms with Crippen molar-refractivity contribution in [1.29, 1.82) is 0 Å². The molecular weight excluding hydrogens is 336 g/mol. The van der Waals surface area contributed by atoms with Gasteiger partial charge in [0.1, 0.15) is 6.04 Å². The van der Waals surface area contributed by atoms with Gasteiger partial charge >= 0.3 is 5.97 Å². The average molecular weight is 362 g/mol. The van der Waals surface area contributed by atoms with Crippen LogP contribution in [-0.4, -0.2) is 83.9 Å². The van der Waals surface area contributed by atoms with Crippen LogP contribution in [0.1, 0.15) is 6.42 Å². The van der Waals surface area contributed by atoms with Crippen LogP contribution in [0.3, 0.4) is 0 Å². The van der Waals surface area contributed by atoms with Gasteiger partial charge in [0.05, 0.1) is 13.4 Å². The number of rotatable bonds is 9. The Morgan fingerprint density at radius 3 is 2.50 bits per heavy atom. The Hall–Kier alpha value is -1.49. The van der Waals surface area contributed by atoms with Crippen molar-refractivity contribution in [2.45, 2.75) is 12.5 Å². The summed E-state index contributed by atoms with van der Waals surface area (Å²) in [7, 11) is -2.45. The fourth-order valence-corrected chi connectivity index (χ4v) is 3.02. The molecule has 1 heterocycles. The highest BCUT2D eigenvalue weighted by Crippen LogP contribution is 2.03.